The first-order valence-corrected chi connectivity index (χ1v) is 8.52. The minimum atomic E-state index is -3.72. The van der Waals surface area contributed by atoms with Gasteiger partial charge in [-0.1, -0.05) is 13.0 Å². The number of amides is 1. The molecular formula is C12H18N2O5S2. The molecular weight excluding hydrogens is 316 g/mol. The van der Waals surface area contributed by atoms with Crippen molar-refractivity contribution in [3.05, 3.63) is 17.5 Å². The van der Waals surface area contributed by atoms with Gasteiger partial charge in [0.05, 0.1) is 6.54 Å². The van der Waals surface area contributed by atoms with Crippen molar-refractivity contribution >= 4 is 33.2 Å². The molecule has 0 aliphatic heterocycles. The van der Waals surface area contributed by atoms with Gasteiger partial charge in [-0.25, -0.2) is 13.2 Å². The van der Waals surface area contributed by atoms with E-state index in [4.69, 9.17) is 5.11 Å². The summed E-state index contributed by atoms with van der Waals surface area (Å²) >= 11 is 1.06. The van der Waals surface area contributed by atoms with E-state index in [2.05, 4.69) is 0 Å². The summed E-state index contributed by atoms with van der Waals surface area (Å²) in [6.45, 7) is 1.25. The lowest BCUT2D eigenvalue weighted by molar-refractivity contribution is -0.149. The standard InChI is InChI=1S/C12H18N2O5S2/c1-4-9(12(16)17)14(3)10(15)8-13(2)21(18,19)11-6-5-7-20-11/h5-7,9H,4,8H2,1-3H3,(H,16,17). The largest absolute Gasteiger partial charge is 0.480 e. The monoisotopic (exact) mass is 334 g/mol. The van der Waals surface area contributed by atoms with Crippen molar-refractivity contribution in [2.24, 2.45) is 0 Å². The normalized spacial score (nSPS) is 13.1. The van der Waals surface area contributed by atoms with Crippen LogP contribution in [-0.4, -0.2) is 61.3 Å². The van der Waals surface area contributed by atoms with Crippen LogP contribution in [0.2, 0.25) is 0 Å². The van der Waals surface area contributed by atoms with Gasteiger partial charge >= 0.3 is 5.97 Å². The van der Waals surface area contributed by atoms with Gasteiger partial charge < -0.3 is 10.0 Å². The van der Waals surface area contributed by atoms with Gasteiger partial charge in [-0.15, -0.1) is 11.3 Å². The summed E-state index contributed by atoms with van der Waals surface area (Å²) < 4.78 is 25.4. The van der Waals surface area contributed by atoms with E-state index >= 15 is 0 Å². The summed E-state index contributed by atoms with van der Waals surface area (Å²) in [6.07, 6.45) is 0.249. The van der Waals surface area contributed by atoms with E-state index in [1.54, 1.807) is 18.4 Å². The van der Waals surface area contributed by atoms with E-state index in [1.165, 1.54) is 20.2 Å². The second-order valence-corrected chi connectivity index (χ2v) is 7.68. The molecule has 0 aromatic carbocycles. The molecule has 1 rings (SSSR count). The first-order chi connectivity index (χ1) is 9.71. The average molecular weight is 334 g/mol. The predicted octanol–water partition coefficient (Wildman–Crippen LogP) is 0.690. The summed E-state index contributed by atoms with van der Waals surface area (Å²) in [5.41, 5.74) is 0. The number of likely N-dealkylation sites (N-methyl/N-ethyl adjacent to an activating group) is 2. The van der Waals surface area contributed by atoms with Gasteiger partial charge in [-0.2, -0.15) is 4.31 Å². The van der Waals surface area contributed by atoms with Gasteiger partial charge in [0, 0.05) is 14.1 Å². The zero-order valence-corrected chi connectivity index (χ0v) is 13.6. The average Bonchev–Trinajstić information content (AvgIpc) is 2.93. The number of sulfonamides is 1. The first kappa shape index (κ1) is 17.6. The Morgan fingerprint density at radius 2 is 2.00 bits per heavy atom. The number of rotatable bonds is 7. The van der Waals surface area contributed by atoms with Crippen LogP contribution in [0.25, 0.3) is 0 Å². The van der Waals surface area contributed by atoms with Gasteiger partial charge in [0.25, 0.3) is 10.0 Å². The molecule has 0 fully saturated rings. The molecule has 1 atom stereocenters. The van der Waals surface area contributed by atoms with Crippen LogP contribution < -0.4 is 0 Å². The number of carbonyl (C=O) groups excluding carboxylic acids is 1. The Kier molecular flexibility index (Phi) is 5.87. The van der Waals surface area contributed by atoms with Crippen LogP contribution in [0.15, 0.2) is 21.7 Å². The van der Waals surface area contributed by atoms with Crippen LogP contribution in [0.4, 0.5) is 0 Å². The molecule has 0 saturated heterocycles. The van der Waals surface area contributed by atoms with Gasteiger partial charge in [-0.05, 0) is 17.9 Å². The number of hydrogen-bond acceptors (Lipinski definition) is 5. The summed E-state index contributed by atoms with van der Waals surface area (Å²) in [4.78, 5) is 24.1. The molecule has 0 aliphatic rings. The molecule has 1 unspecified atom stereocenters. The molecule has 1 heterocycles. The molecule has 0 bridgehead atoms. The van der Waals surface area contributed by atoms with Crippen molar-refractivity contribution in [1.82, 2.24) is 9.21 Å². The lowest BCUT2D eigenvalue weighted by Gasteiger charge is -2.25. The van der Waals surface area contributed by atoms with Crippen LogP contribution in [0.3, 0.4) is 0 Å². The van der Waals surface area contributed by atoms with Crippen molar-refractivity contribution in [2.75, 3.05) is 20.6 Å². The Hall–Kier alpha value is -1.45. The second kappa shape index (κ2) is 7.01. The number of carboxylic acid groups (broad SMARTS) is 1. The third-order valence-corrected chi connectivity index (χ3v) is 6.23. The van der Waals surface area contributed by atoms with Gasteiger partial charge in [0.1, 0.15) is 10.3 Å². The molecule has 0 aliphatic carbocycles. The van der Waals surface area contributed by atoms with Gasteiger partial charge in [0.15, 0.2) is 0 Å². The third-order valence-electron chi connectivity index (χ3n) is 3.05. The SMILES string of the molecule is CCC(C(=O)O)N(C)C(=O)CN(C)S(=O)(=O)c1cccs1. The van der Waals surface area contributed by atoms with Crippen molar-refractivity contribution in [1.29, 1.82) is 0 Å². The molecule has 0 saturated carbocycles. The molecule has 118 valence electrons. The van der Waals surface area contributed by atoms with Crippen molar-refractivity contribution in [3.8, 4) is 0 Å². The maximum atomic E-state index is 12.2. The van der Waals surface area contributed by atoms with E-state index in [0.29, 0.717) is 0 Å². The molecule has 1 aromatic heterocycles. The minimum Gasteiger partial charge on any atom is -0.480 e. The van der Waals surface area contributed by atoms with Crippen molar-refractivity contribution in [2.45, 2.75) is 23.6 Å². The highest BCUT2D eigenvalue weighted by Gasteiger charge is 2.29. The molecule has 0 spiro atoms. The van der Waals surface area contributed by atoms with E-state index in [0.717, 1.165) is 20.5 Å². The molecule has 21 heavy (non-hydrogen) atoms. The third kappa shape index (κ3) is 4.02. The lowest BCUT2D eigenvalue weighted by Crippen LogP contribution is -2.46. The summed E-state index contributed by atoms with van der Waals surface area (Å²) in [5, 5.41) is 10.6. The summed E-state index contributed by atoms with van der Waals surface area (Å²) in [7, 11) is -1.07. The highest BCUT2D eigenvalue weighted by Crippen LogP contribution is 2.19. The number of aliphatic carboxylic acids is 1. The zero-order chi connectivity index (χ0) is 16.2. The van der Waals surface area contributed by atoms with E-state index in [9.17, 15) is 18.0 Å². The quantitative estimate of drug-likeness (QED) is 0.791. The van der Waals surface area contributed by atoms with E-state index in [-0.39, 0.29) is 10.6 Å². The smallest absolute Gasteiger partial charge is 0.326 e. The summed E-state index contributed by atoms with van der Waals surface area (Å²) in [6, 6.07) is 2.10. The fraction of sp³-hybridized carbons (Fsp3) is 0.500. The first-order valence-electron chi connectivity index (χ1n) is 6.20. The van der Waals surface area contributed by atoms with Crippen LogP contribution in [-0.2, 0) is 19.6 Å². The maximum Gasteiger partial charge on any atom is 0.326 e. The number of thiophene rings is 1. The number of hydrogen-bond donors (Lipinski definition) is 1. The molecule has 0 radical (unpaired) electrons. The zero-order valence-electron chi connectivity index (χ0n) is 12.0. The number of carboxylic acids is 1. The predicted molar refractivity (Wildman–Crippen MR) is 78.6 cm³/mol. The second-order valence-electron chi connectivity index (χ2n) is 4.46. The highest BCUT2D eigenvalue weighted by atomic mass is 32.2. The van der Waals surface area contributed by atoms with E-state index < -0.39 is 34.5 Å². The topological polar surface area (TPSA) is 95.0 Å². The fourth-order valence-electron chi connectivity index (χ4n) is 1.74. The molecule has 1 aromatic rings. The lowest BCUT2D eigenvalue weighted by atomic mass is 10.2. The van der Waals surface area contributed by atoms with Crippen molar-refractivity contribution < 1.29 is 23.1 Å². The van der Waals surface area contributed by atoms with Crippen LogP contribution in [0, 0.1) is 0 Å². The summed E-state index contributed by atoms with van der Waals surface area (Å²) in [5.74, 6) is -1.68. The Morgan fingerprint density at radius 3 is 2.43 bits per heavy atom. The van der Waals surface area contributed by atoms with Crippen LogP contribution >= 0.6 is 11.3 Å². The molecule has 7 nitrogen and oxygen atoms in total. The Labute approximate surface area is 127 Å². The minimum absolute atomic E-state index is 0.144. The van der Waals surface area contributed by atoms with Gasteiger partial charge in [0.2, 0.25) is 5.91 Å². The molecule has 1 N–H and O–H groups in total. The van der Waals surface area contributed by atoms with Gasteiger partial charge in [-0.3, -0.25) is 4.79 Å². The molecule has 9 heteroatoms. The van der Waals surface area contributed by atoms with E-state index in [1.807, 2.05) is 0 Å². The Balaban J connectivity index is 2.81. The maximum absolute atomic E-state index is 12.2. The Bertz CT molecular complexity index is 597. The fourth-order valence-corrected chi connectivity index (χ4v) is 4.06. The number of nitrogens with zero attached hydrogens (tertiary/aromatic N) is 2. The van der Waals surface area contributed by atoms with Crippen molar-refractivity contribution in [3.63, 3.8) is 0 Å². The Morgan fingerprint density at radius 1 is 1.38 bits per heavy atom. The van der Waals surface area contributed by atoms with Crippen LogP contribution in [0.5, 0.6) is 0 Å². The highest BCUT2D eigenvalue weighted by molar-refractivity contribution is 7.91. The number of carbonyl (C=O) groups is 2. The van der Waals surface area contributed by atoms with Crippen LogP contribution in [0.1, 0.15) is 13.3 Å². The molecule has 1 amide bonds.